The molecular weight excluding hydrogens is 238 g/mol. The second kappa shape index (κ2) is 5.13. The SMILES string of the molecule is Cc1nc2ccccc2nc1NC1CCC(O)CC1. The van der Waals surface area contributed by atoms with E-state index in [-0.39, 0.29) is 6.10 Å². The highest BCUT2D eigenvalue weighted by Crippen LogP contribution is 2.23. The summed E-state index contributed by atoms with van der Waals surface area (Å²) in [5.41, 5.74) is 2.79. The van der Waals surface area contributed by atoms with Gasteiger partial charge >= 0.3 is 0 Å². The molecule has 0 amide bonds. The average Bonchev–Trinajstić information content (AvgIpc) is 2.42. The van der Waals surface area contributed by atoms with Crippen LogP contribution in [-0.4, -0.2) is 27.2 Å². The zero-order valence-electron chi connectivity index (χ0n) is 11.1. The van der Waals surface area contributed by atoms with Gasteiger partial charge in [0.25, 0.3) is 0 Å². The van der Waals surface area contributed by atoms with Gasteiger partial charge in [0.2, 0.25) is 0 Å². The third kappa shape index (κ3) is 2.68. The Bertz CT molecular complexity index is 577. The molecule has 4 heteroatoms. The summed E-state index contributed by atoms with van der Waals surface area (Å²) in [5, 5.41) is 13.0. The zero-order chi connectivity index (χ0) is 13.2. The first-order chi connectivity index (χ1) is 9.22. The van der Waals surface area contributed by atoms with Crippen LogP contribution in [0.1, 0.15) is 31.4 Å². The predicted molar refractivity (Wildman–Crippen MR) is 76.2 cm³/mol. The predicted octanol–water partition coefficient (Wildman–Crippen LogP) is 2.65. The molecule has 4 nitrogen and oxygen atoms in total. The van der Waals surface area contributed by atoms with Crippen LogP contribution in [0.3, 0.4) is 0 Å². The Kier molecular flexibility index (Phi) is 3.34. The third-order valence-electron chi connectivity index (χ3n) is 3.78. The number of nitrogens with zero attached hydrogens (tertiary/aromatic N) is 2. The molecule has 100 valence electrons. The first-order valence-electron chi connectivity index (χ1n) is 6.90. The molecule has 1 aromatic heterocycles. The Morgan fingerprint density at radius 2 is 1.68 bits per heavy atom. The summed E-state index contributed by atoms with van der Waals surface area (Å²) in [6, 6.07) is 8.32. The minimum Gasteiger partial charge on any atom is -0.393 e. The largest absolute Gasteiger partial charge is 0.393 e. The number of hydrogen-bond donors (Lipinski definition) is 2. The maximum absolute atomic E-state index is 9.53. The fourth-order valence-electron chi connectivity index (χ4n) is 2.64. The summed E-state index contributed by atoms with van der Waals surface area (Å²) < 4.78 is 0. The quantitative estimate of drug-likeness (QED) is 0.868. The molecule has 0 saturated heterocycles. The van der Waals surface area contributed by atoms with Crippen molar-refractivity contribution in [2.45, 2.75) is 44.8 Å². The van der Waals surface area contributed by atoms with Gasteiger partial charge in [-0.05, 0) is 44.7 Å². The van der Waals surface area contributed by atoms with Gasteiger partial charge in [-0.25, -0.2) is 9.97 Å². The Balaban J connectivity index is 1.82. The molecule has 19 heavy (non-hydrogen) atoms. The highest BCUT2D eigenvalue weighted by atomic mass is 16.3. The highest BCUT2D eigenvalue weighted by Gasteiger charge is 2.20. The summed E-state index contributed by atoms with van der Waals surface area (Å²) in [5.74, 6) is 0.875. The summed E-state index contributed by atoms with van der Waals surface area (Å²) in [6.45, 7) is 1.99. The molecule has 3 rings (SSSR count). The van der Waals surface area contributed by atoms with Crippen LogP contribution in [0.4, 0.5) is 5.82 Å². The van der Waals surface area contributed by atoms with E-state index in [1.54, 1.807) is 0 Å². The minimum atomic E-state index is -0.123. The molecule has 2 aromatic rings. The van der Waals surface area contributed by atoms with Gasteiger partial charge in [-0.3, -0.25) is 0 Å². The van der Waals surface area contributed by atoms with Crippen LogP contribution in [0.25, 0.3) is 11.0 Å². The van der Waals surface area contributed by atoms with Gasteiger partial charge in [-0.1, -0.05) is 12.1 Å². The lowest BCUT2D eigenvalue weighted by Gasteiger charge is -2.27. The number of anilines is 1. The van der Waals surface area contributed by atoms with Gasteiger partial charge in [0, 0.05) is 6.04 Å². The van der Waals surface area contributed by atoms with Crippen LogP contribution in [-0.2, 0) is 0 Å². The summed E-state index contributed by atoms with van der Waals surface area (Å²) >= 11 is 0. The van der Waals surface area contributed by atoms with Crippen molar-refractivity contribution in [3.63, 3.8) is 0 Å². The van der Waals surface area contributed by atoms with E-state index < -0.39 is 0 Å². The molecule has 0 unspecified atom stereocenters. The van der Waals surface area contributed by atoms with Gasteiger partial charge in [-0.15, -0.1) is 0 Å². The van der Waals surface area contributed by atoms with E-state index in [4.69, 9.17) is 0 Å². The molecule has 1 aliphatic carbocycles. The standard InChI is InChI=1S/C15H19N3O/c1-10-15(17-11-6-8-12(19)9-7-11)18-14-5-3-2-4-13(14)16-10/h2-5,11-12,19H,6-9H2,1H3,(H,17,18). The van der Waals surface area contributed by atoms with Crippen LogP contribution in [0.15, 0.2) is 24.3 Å². The molecule has 1 heterocycles. The summed E-state index contributed by atoms with van der Waals surface area (Å²) in [6.07, 6.45) is 3.61. The third-order valence-corrected chi connectivity index (χ3v) is 3.78. The highest BCUT2D eigenvalue weighted by molar-refractivity contribution is 5.76. The molecule has 1 saturated carbocycles. The van der Waals surface area contributed by atoms with E-state index in [9.17, 15) is 5.11 Å². The topological polar surface area (TPSA) is 58.0 Å². The number of aliphatic hydroxyl groups is 1. The smallest absolute Gasteiger partial charge is 0.148 e. The van der Waals surface area contributed by atoms with Crippen molar-refractivity contribution in [2.75, 3.05) is 5.32 Å². The second-order valence-electron chi connectivity index (χ2n) is 5.30. The number of fused-ring (bicyclic) bond motifs is 1. The number of aromatic nitrogens is 2. The number of hydrogen-bond acceptors (Lipinski definition) is 4. The van der Waals surface area contributed by atoms with Crippen molar-refractivity contribution in [3.05, 3.63) is 30.0 Å². The van der Waals surface area contributed by atoms with Crippen LogP contribution in [0.2, 0.25) is 0 Å². The van der Waals surface area contributed by atoms with E-state index in [0.29, 0.717) is 6.04 Å². The van der Waals surface area contributed by atoms with E-state index in [0.717, 1.165) is 48.2 Å². The fourth-order valence-corrected chi connectivity index (χ4v) is 2.64. The lowest BCUT2D eigenvalue weighted by atomic mass is 9.93. The Morgan fingerprint density at radius 1 is 1.05 bits per heavy atom. The van der Waals surface area contributed by atoms with Crippen molar-refractivity contribution in [2.24, 2.45) is 0 Å². The monoisotopic (exact) mass is 257 g/mol. The summed E-state index contributed by atoms with van der Waals surface area (Å²) in [4.78, 5) is 9.23. The van der Waals surface area contributed by atoms with E-state index in [1.165, 1.54) is 0 Å². The second-order valence-corrected chi connectivity index (χ2v) is 5.30. The number of aliphatic hydroxyl groups excluding tert-OH is 1. The van der Waals surface area contributed by atoms with Gasteiger partial charge < -0.3 is 10.4 Å². The van der Waals surface area contributed by atoms with Crippen molar-refractivity contribution < 1.29 is 5.11 Å². The molecule has 1 fully saturated rings. The number of para-hydroxylation sites is 2. The fraction of sp³-hybridized carbons (Fsp3) is 0.467. The molecule has 0 aliphatic heterocycles. The number of nitrogens with one attached hydrogen (secondary N) is 1. The van der Waals surface area contributed by atoms with Crippen LogP contribution < -0.4 is 5.32 Å². The zero-order valence-corrected chi connectivity index (χ0v) is 11.1. The Morgan fingerprint density at radius 3 is 2.37 bits per heavy atom. The van der Waals surface area contributed by atoms with Gasteiger partial charge in [0.1, 0.15) is 5.82 Å². The van der Waals surface area contributed by atoms with Crippen LogP contribution in [0, 0.1) is 6.92 Å². The molecule has 0 atom stereocenters. The molecule has 0 bridgehead atoms. The number of aryl methyl sites for hydroxylation is 1. The Labute approximate surface area is 112 Å². The molecule has 0 radical (unpaired) electrons. The molecule has 0 spiro atoms. The maximum atomic E-state index is 9.53. The normalized spacial score (nSPS) is 23.5. The lowest BCUT2D eigenvalue weighted by Crippen LogP contribution is -2.29. The molecule has 2 N–H and O–H groups in total. The molecular formula is C15H19N3O. The Hall–Kier alpha value is -1.68. The minimum absolute atomic E-state index is 0.123. The average molecular weight is 257 g/mol. The summed E-state index contributed by atoms with van der Waals surface area (Å²) in [7, 11) is 0. The lowest BCUT2D eigenvalue weighted by molar-refractivity contribution is 0.126. The van der Waals surface area contributed by atoms with Gasteiger partial charge in [0.15, 0.2) is 0 Å². The van der Waals surface area contributed by atoms with E-state index in [2.05, 4.69) is 15.3 Å². The first kappa shape index (κ1) is 12.4. The van der Waals surface area contributed by atoms with Crippen LogP contribution in [0.5, 0.6) is 0 Å². The number of rotatable bonds is 2. The van der Waals surface area contributed by atoms with Crippen molar-refractivity contribution in [1.82, 2.24) is 9.97 Å². The number of benzene rings is 1. The van der Waals surface area contributed by atoms with E-state index >= 15 is 0 Å². The van der Waals surface area contributed by atoms with Crippen molar-refractivity contribution >= 4 is 16.9 Å². The molecule has 1 aliphatic rings. The molecule has 1 aromatic carbocycles. The van der Waals surface area contributed by atoms with Crippen molar-refractivity contribution in [1.29, 1.82) is 0 Å². The van der Waals surface area contributed by atoms with Crippen LogP contribution >= 0.6 is 0 Å². The van der Waals surface area contributed by atoms with Gasteiger partial charge in [0.05, 0.1) is 22.8 Å². The first-order valence-corrected chi connectivity index (χ1v) is 6.90. The van der Waals surface area contributed by atoms with Gasteiger partial charge in [-0.2, -0.15) is 0 Å². The maximum Gasteiger partial charge on any atom is 0.148 e. The van der Waals surface area contributed by atoms with Crippen molar-refractivity contribution in [3.8, 4) is 0 Å². The van der Waals surface area contributed by atoms with E-state index in [1.807, 2.05) is 31.2 Å².